The van der Waals surface area contributed by atoms with Gasteiger partial charge in [0.05, 0.1) is 20.0 Å². The molecule has 9 heteroatoms. The van der Waals surface area contributed by atoms with E-state index >= 15 is 0 Å². The summed E-state index contributed by atoms with van der Waals surface area (Å²) < 4.78 is 38.4. The Kier molecular flexibility index (Phi) is 9.29. The van der Waals surface area contributed by atoms with Crippen molar-refractivity contribution in [3.63, 3.8) is 0 Å². The van der Waals surface area contributed by atoms with Gasteiger partial charge in [0.2, 0.25) is 0 Å². The summed E-state index contributed by atoms with van der Waals surface area (Å²) in [5.41, 5.74) is 1.95. The first-order valence-corrected chi connectivity index (χ1v) is 11.7. The van der Waals surface area contributed by atoms with Crippen LogP contribution in [0.25, 0.3) is 0 Å². The van der Waals surface area contributed by atoms with Crippen LogP contribution >= 0.6 is 0 Å². The Bertz CT molecular complexity index is 927. The maximum absolute atomic E-state index is 12.3. The second kappa shape index (κ2) is 11.7. The van der Waals surface area contributed by atoms with Crippen molar-refractivity contribution in [1.82, 2.24) is 5.06 Å². The maximum Gasteiger partial charge on any atom is 0.306 e. The van der Waals surface area contributed by atoms with Crippen LogP contribution in [0.2, 0.25) is 0 Å². The van der Waals surface area contributed by atoms with E-state index in [9.17, 15) is 13.2 Å². The molecule has 1 amide bonds. The minimum atomic E-state index is -3.53. The number of hydroxylamine groups is 2. The van der Waals surface area contributed by atoms with E-state index in [4.69, 9.17) is 18.5 Å². The van der Waals surface area contributed by atoms with Gasteiger partial charge >= 0.3 is 10.1 Å². The number of hydrogen-bond donors (Lipinski definition) is 0. The molecule has 0 N–H and O–H groups in total. The zero-order chi connectivity index (χ0) is 22.9. The molecule has 2 rings (SSSR count). The van der Waals surface area contributed by atoms with Gasteiger partial charge in [-0.1, -0.05) is 24.3 Å². The fourth-order valence-electron chi connectivity index (χ4n) is 2.82. The number of likely N-dealkylation sites (N-methyl/N-ethyl adjacent to an activating group) is 1. The van der Waals surface area contributed by atoms with Gasteiger partial charge in [0.25, 0.3) is 5.91 Å². The third-order valence-corrected chi connectivity index (χ3v) is 4.90. The Morgan fingerprint density at radius 1 is 1.00 bits per heavy atom. The zero-order valence-electron chi connectivity index (χ0n) is 18.2. The Morgan fingerprint density at radius 2 is 1.58 bits per heavy atom. The SMILES string of the molecule is CCO[C@H](Cc1ccc(OCCc2ccc(OS(C)(=O)=O)cc2)cc1)C(=O)N(C)OC. The minimum absolute atomic E-state index is 0.238. The van der Waals surface area contributed by atoms with Gasteiger partial charge in [-0.25, -0.2) is 5.06 Å². The van der Waals surface area contributed by atoms with Crippen molar-refractivity contribution in [3.05, 3.63) is 59.7 Å². The van der Waals surface area contributed by atoms with E-state index in [0.29, 0.717) is 31.8 Å². The molecule has 0 aliphatic rings. The van der Waals surface area contributed by atoms with Crippen LogP contribution in [0.4, 0.5) is 0 Å². The molecule has 0 saturated carbocycles. The summed E-state index contributed by atoms with van der Waals surface area (Å²) in [6.45, 7) is 2.73. The molecular formula is C22H29NO7S. The number of nitrogens with zero attached hydrogens (tertiary/aromatic N) is 1. The van der Waals surface area contributed by atoms with Crippen molar-refractivity contribution < 1.29 is 31.7 Å². The summed E-state index contributed by atoms with van der Waals surface area (Å²) >= 11 is 0. The molecule has 31 heavy (non-hydrogen) atoms. The molecule has 0 unspecified atom stereocenters. The van der Waals surface area contributed by atoms with Crippen LogP contribution < -0.4 is 8.92 Å². The molecular weight excluding hydrogens is 422 g/mol. The monoisotopic (exact) mass is 451 g/mol. The third-order valence-electron chi connectivity index (χ3n) is 4.40. The van der Waals surface area contributed by atoms with E-state index < -0.39 is 16.2 Å². The second-order valence-corrected chi connectivity index (χ2v) is 8.42. The number of ether oxygens (including phenoxy) is 2. The first-order chi connectivity index (χ1) is 14.7. The van der Waals surface area contributed by atoms with Gasteiger partial charge < -0.3 is 13.7 Å². The van der Waals surface area contributed by atoms with E-state index in [0.717, 1.165) is 22.4 Å². The van der Waals surface area contributed by atoms with Gasteiger partial charge in [-0.3, -0.25) is 9.63 Å². The molecule has 0 spiro atoms. The molecule has 0 aliphatic carbocycles. The van der Waals surface area contributed by atoms with Gasteiger partial charge in [0, 0.05) is 26.5 Å². The third kappa shape index (κ3) is 8.56. The van der Waals surface area contributed by atoms with E-state index in [1.54, 1.807) is 31.3 Å². The number of hydrogen-bond acceptors (Lipinski definition) is 7. The molecule has 0 heterocycles. The maximum atomic E-state index is 12.3. The number of carbonyl (C=O) groups excluding carboxylic acids is 1. The van der Waals surface area contributed by atoms with Crippen molar-refractivity contribution in [1.29, 1.82) is 0 Å². The van der Waals surface area contributed by atoms with Crippen LogP contribution in [0.3, 0.4) is 0 Å². The predicted octanol–water partition coefficient (Wildman–Crippen LogP) is 2.61. The lowest BCUT2D eigenvalue weighted by atomic mass is 10.1. The number of amides is 1. The van der Waals surface area contributed by atoms with E-state index in [1.165, 1.54) is 7.11 Å². The smallest absolute Gasteiger partial charge is 0.306 e. The number of rotatable bonds is 12. The fraction of sp³-hybridized carbons (Fsp3) is 0.409. The summed E-state index contributed by atoms with van der Waals surface area (Å²) in [6.07, 6.45) is 1.48. The summed E-state index contributed by atoms with van der Waals surface area (Å²) in [6, 6.07) is 14.3. The van der Waals surface area contributed by atoms with Gasteiger partial charge in [-0.2, -0.15) is 8.42 Å². The fourth-order valence-corrected chi connectivity index (χ4v) is 3.28. The molecule has 0 saturated heterocycles. The van der Waals surface area contributed by atoms with Gasteiger partial charge in [0.1, 0.15) is 17.6 Å². The second-order valence-electron chi connectivity index (χ2n) is 6.84. The highest BCUT2D eigenvalue weighted by Crippen LogP contribution is 2.17. The minimum Gasteiger partial charge on any atom is -0.493 e. The molecule has 170 valence electrons. The van der Waals surface area contributed by atoms with Crippen molar-refractivity contribution in [2.75, 3.05) is 33.6 Å². The van der Waals surface area contributed by atoms with Crippen LogP contribution in [0.5, 0.6) is 11.5 Å². The normalized spacial score (nSPS) is 12.3. The van der Waals surface area contributed by atoms with Crippen LogP contribution in [-0.4, -0.2) is 59.1 Å². The summed E-state index contributed by atoms with van der Waals surface area (Å²) in [5.74, 6) is 0.759. The van der Waals surface area contributed by atoms with Crippen LogP contribution in [-0.2, 0) is 37.3 Å². The van der Waals surface area contributed by atoms with Crippen molar-refractivity contribution in [2.24, 2.45) is 0 Å². The van der Waals surface area contributed by atoms with E-state index in [2.05, 4.69) is 0 Å². The van der Waals surface area contributed by atoms with Crippen molar-refractivity contribution in [3.8, 4) is 11.5 Å². The average Bonchev–Trinajstić information content (AvgIpc) is 2.73. The molecule has 0 aliphatic heterocycles. The average molecular weight is 452 g/mol. The highest BCUT2D eigenvalue weighted by molar-refractivity contribution is 7.86. The lowest BCUT2D eigenvalue weighted by Crippen LogP contribution is -2.38. The Balaban J connectivity index is 1.86. The van der Waals surface area contributed by atoms with Crippen molar-refractivity contribution in [2.45, 2.75) is 25.9 Å². The summed E-state index contributed by atoms with van der Waals surface area (Å²) in [4.78, 5) is 17.3. The molecule has 2 aromatic carbocycles. The summed E-state index contributed by atoms with van der Waals surface area (Å²) in [7, 11) is -0.540. The predicted molar refractivity (Wildman–Crippen MR) is 116 cm³/mol. The Hall–Kier alpha value is -2.62. The molecule has 0 radical (unpaired) electrons. The lowest BCUT2D eigenvalue weighted by Gasteiger charge is -2.21. The highest BCUT2D eigenvalue weighted by Gasteiger charge is 2.23. The van der Waals surface area contributed by atoms with Crippen molar-refractivity contribution >= 4 is 16.0 Å². The zero-order valence-corrected chi connectivity index (χ0v) is 19.1. The van der Waals surface area contributed by atoms with Gasteiger partial charge in [-0.05, 0) is 42.3 Å². The Labute approximate surface area is 183 Å². The molecule has 0 aromatic heterocycles. The molecule has 1 atom stereocenters. The molecule has 8 nitrogen and oxygen atoms in total. The quantitative estimate of drug-likeness (QED) is 0.362. The van der Waals surface area contributed by atoms with Gasteiger partial charge in [0.15, 0.2) is 0 Å². The number of carbonyl (C=O) groups is 1. The summed E-state index contributed by atoms with van der Waals surface area (Å²) in [5, 5.41) is 1.16. The van der Waals surface area contributed by atoms with Crippen LogP contribution in [0.1, 0.15) is 18.1 Å². The van der Waals surface area contributed by atoms with Crippen LogP contribution in [0, 0.1) is 0 Å². The topological polar surface area (TPSA) is 91.4 Å². The van der Waals surface area contributed by atoms with Gasteiger partial charge in [-0.15, -0.1) is 0 Å². The largest absolute Gasteiger partial charge is 0.493 e. The first-order valence-electron chi connectivity index (χ1n) is 9.85. The lowest BCUT2D eigenvalue weighted by molar-refractivity contribution is -0.180. The number of benzene rings is 2. The van der Waals surface area contributed by atoms with Crippen LogP contribution in [0.15, 0.2) is 48.5 Å². The molecule has 0 bridgehead atoms. The molecule has 0 fully saturated rings. The highest BCUT2D eigenvalue weighted by atomic mass is 32.2. The first kappa shape index (κ1) is 24.6. The van der Waals surface area contributed by atoms with E-state index in [1.807, 2.05) is 31.2 Å². The Morgan fingerprint density at radius 3 is 2.13 bits per heavy atom. The molecule has 2 aromatic rings. The standard InChI is InChI=1S/C22H29NO7S/c1-5-28-21(22(24)23(2)27-3)16-18-8-10-19(11-9-18)29-15-14-17-6-12-20(13-7-17)30-31(4,25)26/h6-13,21H,5,14-16H2,1-4H3/t21-/m1/s1. The van der Waals surface area contributed by atoms with E-state index in [-0.39, 0.29) is 11.7 Å².